The van der Waals surface area contributed by atoms with E-state index in [1.165, 1.54) is 4.70 Å². The van der Waals surface area contributed by atoms with Crippen LogP contribution in [0.5, 0.6) is 0 Å². The van der Waals surface area contributed by atoms with Crippen LogP contribution in [0.1, 0.15) is 18.3 Å². The molecule has 0 saturated carbocycles. The lowest BCUT2D eigenvalue weighted by Crippen LogP contribution is -2.02. The highest BCUT2D eigenvalue weighted by Gasteiger charge is 2.20. The molecule has 0 atom stereocenters. The second-order valence-electron chi connectivity index (χ2n) is 12.7. The Balaban J connectivity index is 1.21. The molecule has 3 aromatic heterocycles. The maximum atomic E-state index is 6.69. The number of nitrogens with zero attached hydrogens (tertiary/aromatic N) is 4. The summed E-state index contributed by atoms with van der Waals surface area (Å²) >= 11 is 1.70. The largest absolute Gasteiger partial charge is 0.455 e. The van der Waals surface area contributed by atoms with E-state index in [4.69, 9.17) is 30.8 Å². The zero-order valence-electron chi connectivity index (χ0n) is 28.7. The zero-order chi connectivity index (χ0) is 35.7. The van der Waals surface area contributed by atoms with Crippen LogP contribution in [0.2, 0.25) is 0 Å². The summed E-state index contributed by atoms with van der Waals surface area (Å²) in [4.78, 5) is 20.0. The van der Waals surface area contributed by atoms with Gasteiger partial charge >= 0.3 is 0 Å². The van der Waals surface area contributed by atoms with Gasteiger partial charge in [-0.15, -0.1) is 17.8 Å². The van der Waals surface area contributed by atoms with E-state index in [1.807, 2.05) is 78.9 Å². The third kappa shape index (κ3) is 6.10. The van der Waals surface area contributed by atoms with Crippen LogP contribution in [0.25, 0.3) is 87.8 Å². The summed E-state index contributed by atoms with van der Waals surface area (Å²) in [6, 6.07) is 49.2. The van der Waals surface area contributed by atoms with Crippen LogP contribution in [0.15, 0.2) is 162 Å². The first-order valence-electron chi connectivity index (χ1n) is 17.3. The minimum atomic E-state index is 0.485. The van der Waals surface area contributed by atoms with Crippen molar-refractivity contribution in [2.45, 2.75) is 6.92 Å². The summed E-state index contributed by atoms with van der Waals surface area (Å²) in [6.07, 6.45) is 9.63. The number of hydrogen-bond acceptors (Lipinski definition) is 6. The second-order valence-corrected chi connectivity index (χ2v) is 13.7. The minimum Gasteiger partial charge on any atom is -0.455 e. The Bertz CT molecular complexity index is 2880. The van der Waals surface area contributed by atoms with Crippen LogP contribution < -0.4 is 0 Å². The maximum Gasteiger partial charge on any atom is 0.164 e. The molecule has 6 heteroatoms. The monoisotopic (exact) mass is 698 g/mol. The van der Waals surface area contributed by atoms with Gasteiger partial charge in [-0.2, -0.15) is 0 Å². The van der Waals surface area contributed by atoms with Gasteiger partial charge in [0, 0.05) is 38.6 Å². The molecule has 53 heavy (non-hydrogen) atoms. The molecule has 0 aliphatic heterocycles. The second kappa shape index (κ2) is 13.6. The SMILES string of the molecule is C#C/C=C(\C=C(/C)c1ccccc1)c1nc(-c2ccccc2)nc(-c2cccc3oc4c(-c5cccc(-c6nc7ccccc7s6)c5)cccc4c23)n1. The predicted octanol–water partition coefficient (Wildman–Crippen LogP) is 12.2. The van der Waals surface area contributed by atoms with E-state index in [9.17, 15) is 0 Å². The van der Waals surface area contributed by atoms with E-state index in [2.05, 4.69) is 85.6 Å². The number of terminal acetylenes is 1. The molecular formula is C47H30N4OS. The highest BCUT2D eigenvalue weighted by molar-refractivity contribution is 7.21. The molecule has 0 unspecified atom stereocenters. The molecule has 3 heterocycles. The molecule has 9 aromatic rings. The number of fused-ring (bicyclic) bond motifs is 4. The summed E-state index contributed by atoms with van der Waals surface area (Å²) in [7, 11) is 0. The van der Waals surface area contributed by atoms with Crippen molar-refractivity contribution in [1.82, 2.24) is 19.9 Å². The molecule has 0 aliphatic rings. The fourth-order valence-corrected chi connectivity index (χ4v) is 7.66. The number of rotatable bonds is 7. The first-order valence-corrected chi connectivity index (χ1v) is 18.1. The van der Waals surface area contributed by atoms with Crippen LogP contribution in [-0.2, 0) is 0 Å². The first kappa shape index (κ1) is 32.0. The Kier molecular flexibility index (Phi) is 8.24. The average Bonchev–Trinajstić information content (AvgIpc) is 3.83. The predicted molar refractivity (Wildman–Crippen MR) is 219 cm³/mol. The highest BCUT2D eigenvalue weighted by atomic mass is 32.1. The van der Waals surface area contributed by atoms with Crippen molar-refractivity contribution in [1.29, 1.82) is 0 Å². The molecule has 0 radical (unpaired) electrons. The normalized spacial score (nSPS) is 12.1. The molecule has 0 spiro atoms. The van der Waals surface area contributed by atoms with Gasteiger partial charge in [0.05, 0.1) is 10.2 Å². The highest BCUT2D eigenvalue weighted by Crippen LogP contribution is 2.41. The third-order valence-electron chi connectivity index (χ3n) is 9.24. The lowest BCUT2D eigenvalue weighted by Gasteiger charge is -2.10. The Labute approximate surface area is 310 Å². The Hall–Kier alpha value is -6.94. The van der Waals surface area contributed by atoms with Crippen molar-refractivity contribution in [3.63, 3.8) is 0 Å². The van der Waals surface area contributed by atoms with E-state index < -0.39 is 0 Å². The number of furan rings is 1. The van der Waals surface area contributed by atoms with Crippen molar-refractivity contribution >= 4 is 54.6 Å². The van der Waals surface area contributed by atoms with E-state index in [-0.39, 0.29) is 0 Å². The van der Waals surface area contributed by atoms with E-state index in [1.54, 1.807) is 17.4 Å². The number of para-hydroxylation sites is 2. The quantitative estimate of drug-likeness (QED) is 0.122. The minimum absolute atomic E-state index is 0.485. The van der Waals surface area contributed by atoms with Gasteiger partial charge in [-0.05, 0) is 60.0 Å². The van der Waals surface area contributed by atoms with Gasteiger partial charge < -0.3 is 4.42 Å². The van der Waals surface area contributed by atoms with Gasteiger partial charge in [0.2, 0.25) is 0 Å². The van der Waals surface area contributed by atoms with Gasteiger partial charge in [0.25, 0.3) is 0 Å². The van der Waals surface area contributed by atoms with Crippen molar-refractivity contribution in [2.24, 2.45) is 0 Å². The molecule has 250 valence electrons. The molecule has 0 aliphatic carbocycles. The molecule has 0 N–H and O–H groups in total. The molecular weight excluding hydrogens is 669 g/mol. The molecule has 5 nitrogen and oxygen atoms in total. The fraction of sp³-hybridized carbons (Fsp3) is 0.0213. The summed E-state index contributed by atoms with van der Waals surface area (Å²) in [5.74, 6) is 4.27. The molecule has 0 amide bonds. The molecule has 0 fully saturated rings. The van der Waals surface area contributed by atoms with Crippen molar-refractivity contribution < 1.29 is 4.42 Å². The number of aromatic nitrogens is 4. The first-order chi connectivity index (χ1) is 26.1. The maximum absolute atomic E-state index is 6.69. The Morgan fingerprint density at radius 1 is 0.660 bits per heavy atom. The van der Waals surface area contributed by atoms with Crippen LogP contribution in [0.3, 0.4) is 0 Å². The fourth-order valence-electron chi connectivity index (χ4n) is 6.70. The molecule has 0 saturated heterocycles. The van der Waals surface area contributed by atoms with Gasteiger partial charge in [0.15, 0.2) is 17.5 Å². The zero-order valence-corrected chi connectivity index (χ0v) is 29.5. The Morgan fingerprint density at radius 2 is 1.36 bits per heavy atom. The molecule has 6 aromatic carbocycles. The van der Waals surface area contributed by atoms with Crippen LogP contribution >= 0.6 is 11.3 Å². The van der Waals surface area contributed by atoms with E-state index in [0.717, 1.165) is 71.4 Å². The van der Waals surface area contributed by atoms with Gasteiger partial charge in [-0.3, -0.25) is 0 Å². The summed E-state index contributed by atoms with van der Waals surface area (Å²) < 4.78 is 7.86. The van der Waals surface area contributed by atoms with E-state index in [0.29, 0.717) is 23.0 Å². The lowest BCUT2D eigenvalue weighted by atomic mass is 9.99. The summed E-state index contributed by atoms with van der Waals surface area (Å²) in [6.45, 7) is 2.06. The summed E-state index contributed by atoms with van der Waals surface area (Å²) in [5, 5.41) is 2.89. The topological polar surface area (TPSA) is 64.7 Å². The van der Waals surface area contributed by atoms with Crippen LogP contribution in [0.4, 0.5) is 0 Å². The Morgan fingerprint density at radius 3 is 2.19 bits per heavy atom. The van der Waals surface area contributed by atoms with Gasteiger partial charge in [-0.25, -0.2) is 19.9 Å². The standard InChI is InChI=1S/C47H30N4OS/c1-3-15-34(28-30(2)31-16-6-4-7-17-31)45-49-44(32-18-8-5-9-19-32)50-46(51-45)38-24-14-26-40-42(38)37-23-13-22-36(43(37)52-40)33-20-12-21-35(29-33)47-48-39-25-10-11-27-41(39)53-47/h1,4-29H,2H3/b30-28+,34-15+. The third-order valence-corrected chi connectivity index (χ3v) is 10.3. The number of thiazole rings is 1. The van der Waals surface area contributed by atoms with Crippen molar-refractivity contribution in [3.8, 4) is 56.8 Å². The van der Waals surface area contributed by atoms with Crippen molar-refractivity contribution in [2.75, 3.05) is 0 Å². The van der Waals surface area contributed by atoms with Crippen LogP contribution in [0, 0.1) is 12.3 Å². The van der Waals surface area contributed by atoms with Gasteiger partial charge in [-0.1, -0.05) is 127 Å². The van der Waals surface area contributed by atoms with E-state index >= 15 is 0 Å². The number of allylic oxidation sites excluding steroid dienone is 4. The number of benzene rings is 6. The van der Waals surface area contributed by atoms with Crippen molar-refractivity contribution in [3.05, 3.63) is 169 Å². The summed E-state index contributed by atoms with van der Waals surface area (Å²) in [5.41, 5.74) is 10.2. The van der Waals surface area contributed by atoms with Crippen LogP contribution in [-0.4, -0.2) is 19.9 Å². The lowest BCUT2D eigenvalue weighted by molar-refractivity contribution is 0.670. The molecule has 9 rings (SSSR count). The average molecular weight is 699 g/mol. The smallest absolute Gasteiger partial charge is 0.164 e. The number of hydrogen-bond donors (Lipinski definition) is 0. The molecule has 0 bridgehead atoms. The van der Waals surface area contributed by atoms with Gasteiger partial charge in [0.1, 0.15) is 16.2 Å².